The molecule has 0 saturated heterocycles. The van der Waals surface area contributed by atoms with E-state index in [1.54, 1.807) is 6.20 Å². The Morgan fingerprint density at radius 1 is 0.889 bits per heavy atom. The first kappa shape index (κ1) is 14.6. The van der Waals surface area contributed by atoms with Crippen LogP contribution in [0.15, 0.2) is 30.6 Å². The van der Waals surface area contributed by atoms with E-state index in [9.17, 15) is 0 Å². The van der Waals surface area contributed by atoms with Crippen molar-refractivity contribution in [2.45, 2.75) is 52.4 Å². The summed E-state index contributed by atoms with van der Waals surface area (Å²) in [6.07, 6.45) is 3.74. The highest BCUT2D eigenvalue weighted by molar-refractivity contribution is 5.13. The van der Waals surface area contributed by atoms with Crippen molar-refractivity contribution in [2.75, 3.05) is 0 Å². The van der Waals surface area contributed by atoms with E-state index in [-0.39, 0.29) is 10.8 Å². The molecule has 0 amide bonds. The van der Waals surface area contributed by atoms with E-state index < -0.39 is 0 Å². The summed E-state index contributed by atoms with van der Waals surface area (Å²) in [6, 6.07) is 6.14. The molecule has 0 radical (unpaired) electrons. The molecule has 0 saturated carbocycles. The van der Waals surface area contributed by atoms with E-state index in [0.717, 1.165) is 0 Å². The summed E-state index contributed by atoms with van der Waals surface area (Å²) in [5.74, 6) is 0. The Kier molecular flexibility index (Phi) is 4.38. The predicted octanol–water partition coefficient (Wildman–Crippen LogP) is 4.02. The van der Waals surface area contributed by atoms with Gasteiger partial charge in [-0.3, -0.25) is 5.10 Å². The van der Waals surface area contributed by atoms with Gasteiger partial charge >= 0.3 is 0 Å². The average Bonchev–Trinajstić information content (AvgIpc) is 2.91. The summed E-state index contributed by atoms with van der Waals surface area (Å²) in [4.78, 5) is 3.18. The molecule has 100 valence electrons. The molecule has 0 fully saturated rings. The minimum Gasteiger partial charge on any atom is -0.365 e. The maximum atomic E-state index is 3.86. The molecule has 0 aliphatic rings. The Morgan fingerprint density at radius 2 is 1.50 bits per heavy atom. The lowest BCUT2D eigenvalue weighted by molar-refractivity contribution is 0.567. The SMILES string of the molecule is CC(C)(C)c1ccc[nH]1.CC(C)(C)c1ccn[nH]1. The second-order valence-corrected chi connectivity index (χ2v) is 6.55. The van der Waals surface area contributed by atoms with Crippen LogP contribution < -0.4 is 0 Å². The minimum atomic E-state index is 0.205. The van der Waals surface area contributed by atoms with E-state index >= 15 is 0 Å². The average molecular weight is 247 g/mol. The van der Waals surface area contributed by atoms with Gasteiger partial charge in [-0.1, -0.05) is 41.5 Å². The second-order valence-electron chi connectivity index (χ2n) is 6.55. The van der Waals surface area contributed by atoms with Crippen LogP contribution in [0.1, 0.15) is 52.9 Å². The number of rotatable bonds is 0. The number of hydrogen-bond acceptors (Lipinski definition) is 1. The molecule has 2 aromatic rings. The quantitative estimate of drug-likeness (QED) is 0.725. The van der Waals surface area contributed by atoms with Crippen LogP contribution in [0.4, 0.5) is 0 Å². The standard InChI is InChI=1S/C8H13N.C7H12N2/c1-8(2,3)7-5-4-6-9-7;1-7(2,3)6-4-5-8-9-6/h4-6,9H,1-3H3;4-5H,1-3H3,(H,8,9). The normalized spacial score (nSPS) is 11.9. The van der Waals surface area contributed by atoms with E-state index in [0.29, 0.717) is 0 Å². The fourth-order valence-corrected chi connectivity index (χ4v) is 1.47. The lowest BCUT2D eigenvalue weighted by Gasteiger charge is -2.15. The fourth-order valence-electron chi connectivity index (χ4n) is 1.47. The van der Waals surface area contributed by atoms with Crippen molar-refractivity contribution >= 4 is 0 Å². The van der Waals surface area contributed by atoms with Gasteiger partial charge in [-0.2, -0.15) is 5.10 Å². The number of aromatic amines is 2. The molecule has 3 nitrogen and oxygen atoms in total. The molecule has 18 heavy (non-hydrogen) atoms. The largest absolute Gasteiger partial charge is 0.365 e. The van der Waals surface area contributed by atoms with Gasteiger partial charge in [0.15, 0.2) is 0 Å². The van der Waals surface area contributed by atoms with Crippen LogP contribution >= 0.6 is 0 Å². The van der Waals surface area contributed by atoms with Crippen molar-refractivity contribution in [3.8, 4) is 0 Å². The van der Waals surface area contributed by atoms with Crippen molar-refractivity contribution in [2.24, 2.45) is 0 Å². The summed E-state index contributed by atoms with van der Waals surface area (Å²) < 4.78 is 0. The van der Waals surface area contributed by atoms with Crippen molar-refractivity contribution in [3.63, 3.8) is 0 Å². The predicted molar refractivity (Wildman–Crippen MR) is 76.8 cm³/mol. The summed E-state index contributed by atoms with van der Waals surface area (Å²) in [5.41, 5.74) is 2.95. The highest BCUT2D eigenvalue weighted by Crippen LogP contribution is 2.19. The summed E-state index contributed by atoms with van der Waals surface area (Å²) in [5, 5.41) is 6.79. The number of nitrogens with zero attached hydrogens (tertiary/aromatic N) is 1. The van der Waals surface area contributed by atoms with Crippen LogP contribution in [0.3, 0.4) is 0 Å². The lowest BCUT2D eigenvalue weighted by Crippen LogP contribution is -2.11. The lowest BCUT2D eigenvalue weighted by atomic mass is 9.93. The second kappa shape index (κ2) is 5.42. The summed E-state index contributed by atoms with van der Waals surface area (Å²) in [7, 11) is 0. The van der Waals surface area contributed by atoms with Gasteiger partial charge in [-0.25, -0.2) is 0 Å². The highest BCUT2D eigenvalue weighted by atomic mass is 15.1. The van der Waals surface area contributed by atoms with Crippen molar-refractivity contribution in [3.05, 3.63) is 42.0 Å². The van der Waals surface area contributed by atoms with Crippen LogP contribution in [-0.2, 0) is 10.8 Å². The third kappa shape index (κ3) is 4.40. The first-order valence-corrected chi connectivity index (χ1v) is 6.35. The van der Waals surface area contributed by atoms with E-state index in [4.69, 9.17) is 0 Å². The monoisotopic (exact) mass is 247 g/mol. The van der Waals surface area contributed by atoms with Gasteiger partial charge in [0, 0.05) is 34.6 Å². The van der Waals surface area contributed by atoms with Crippen LogP contribution in [0.2, 0.25) is 0 Å². The van der Waals surface area contributed by atoms with Gasteiger partial charge in [0.1, 0.15) is 0 Å². The van der Waals surface area contributed by atoms with Crippen LogP contribution in [0.5, 0.6) is 0 Å². The molecule has 0 aliphatic heterocycles. The van der Waals surface area contributed by atoms with Crippen molar-refractivity contribution < 1.29 is 0 Å². The zero-order chi connectivity index (χ0) is 13.8. The van der Waals surface area contributed by atoms with Gasteiger partial charge in [0.2, 0.25) is 0 Å². The molecule has 3 heteroatoms. The summed E-state index contributed by atoms with van der Waals surface area (Å²) in [6.45, 7) is 13.0. The highest BCUT2D eigenvalue weighted by Gasteiger charge is 2.13. The molecule has 2 aromatic heterocycles. The number of H-pyrrole nitrogens is 2. The van der Waals surface area contributed by atoms with Gasteiger partial charge in [-0.15, -0.1) is 0 Å². The molecule has 0 aromatic carbocycles. The molecule has 2 heterocycles. The maximum absolute atomic E-state index is 3.86. The molecule has 2 N–H and O–H groups in total. The van der Waals surface area contributed by atoms with Gasteiger partial charge in [-0.05, 0) is 18.2 Å². The molecule has 0 atom stereocenters. The molecule has 0 aliphatic carbocycles. The minimum absolute atomic E-state index is 0.205. The van der Waals surface area contributed by atoms with Crippen LogP contribution in [0, 0.1) is 0 Å². The van der Waals surface area contributed by atoms with Gasteiger partial charge in [0.25, 0.3) is 0 Å². The van der Waals surface area contributed by atoms with Crippen molar-refractivity contribution in [1.29, 1.82) is 0 Å². The Balaban J connectivity index is 0.000000180. The van der Waals surface area contributed by atoms with Gasteiger partial charge < -0.3 is 4.98 Å². The zero-order valence-electron chi connectivity index (χ0n) is 12.3. The van der Waals surface area contributed by atoms with Crippen LogP contribution in [-0.4, -0.2) is 15.2 Å². The number of aromatic nitrogens is 3. The maximum Gasteiger partial charge on any atom is 0.0490 e. The Bertz CT molecular complexity index is 381. The Labute approximate surface area is 110 Å². The summed E-state index contributed by atoms with van der Waals surface area (Å²) >= 11 is 0. The zero-order valence-corrected chi connectivity index (χ0v) is 12.3. The molecule has 0 unspecified atom stereocenters. The molecular weight excluding hydrogens is 222 g/mol. The first-order valence-electron chi connectivity index (χ1n) is 6.35. The van der Waals surface area contributed by atoms with Crippen molar-refractivity contribution in [1.82, 2.24) is 15.2 Å². The smallest absolute Gasteiger partial charge is 0.0490 e. The van der Waals surface area contributed by atoms with Crippen LogP contribution in [0.25, 0.3) is 0 Å². The molecular formula is C15H25N3. The van der Waals surface area contributed by atoms with Gasteiger partial charge in [0.05, 0.1) is 0 Å². The number of nitrogens with one attached hydrogen (secondary N) is 2. The molecule has 0 bridgehead atoms. The molecule has 0 spiro atoms. The third-order valence-electron chi connectivity index (χ3n) is 2.71. The molecule has 2 rings (SSSR count). The number of hydrogen-bond donors (Lipinski definition) is 2. The Hall–Kier alpha value is -1.51. The van der Waals surface area contributed by atoms with E-state index in [1.807, 2.05) is 18.3 Å². The van der Waals surface area contributed by atoms with E-state index in [2.05, 4.69) is 62.8 Å². The first-order chi connectivity index (χ1) is 8.21. The fraction of sp³-hybridized carbons (Fsp3) is 0.533. The van der Waals surface area contributed by atoms with E-state index in [1.165, 1.54) is 11.4 Å². The topological polar surface area (TPSA) is 44.5 Å². The third-order valence-corrected chi connectivity index (χ3v) is 2.71. The Morgan fingerprint density at radius 3 is 1.72 bits per heavy atom.